The van der Waals surface area contributed by atoms with E-state index in [0.29, 0.717) is 0 Å². The van der Waals surface area contributed by atoms with Crippen molar-refractivity contribution in [1.82, 2.24) is 9.97 Å². The molecule has 4 nitrogen and oxygen atoms in total. The first-order chi connectivity index (χ1) is 9.26. The average molecular weight is 262 g/mol. The molecule has 0 amide bonds. The van der Waals surface area contributed by atoms with Crippen molar-refractivity contribution >= 4 is 11.6 Å². The van der Waals surface area contributed by atoms with Gasteiger partial charge < -0.3 is 10.2 Å². The zero-order valence-corrected chi connectivity index (χ0v) is 12.4. The highest BCUT2D eigenvalue weighted by molar-refractivity contribution is 5.49. The number of nitrogens with one attached hydrogen (secondary N) is 1. The van der Waals surface area contributed by atoms with E-state index in [1.54, 1.807) is 0 Å². The summed E-state index contributed by atoms with van der Waals surface area (Å²) in [6.45, 7) is 9.47. The summed E-state index contributed by atoms with van der Waals surface area (Å²) in [5.41, 5.74) is 0. The van der Waals surface area contributed by atoms with Gasteiger partial charge in [-0.15, -0.1) is 0 Å². The van der Waals surface area contributed by atoms with Crippen LogP contribution in [0.25, 0.3) is 0 Å². The molecule has 0 spiro atoms. The second kappa shape index (κ2) is 6.73. The van der Waals surface area contributed by atoms with Crippen molar-refractivity contribution in [2.75, 3.05) is 29.9 Å². The van der Waals surface area contributed by atoms with Crippen LogP contribution >= 0.6 is 0 Å². The molecule has 0 radical (unpaired) electrons. The highest BCUT2D eigenvalue weighted by atomic mass is 15.2. The molecule has 106 valence electrons. The predicted molar refractivity (Wildman–Crippen MR) is 80.8 cm³/mol. The van der Waals surface area contributed by atoms with Gasteiger partial charge in [-0.2, -0.15) is 0 Å². The Hall–Kier alpha value is -1.32. The number of anilines is 2. The van der Waals surface area contributed by atoms with E-state index in [0.717, 1.165) is 49.4 Å². The normalized spacial score (nSPS) is 15.1. The molecular weight excluding hydrogens is 236 g/mol. The van der Waals surface area contributed by atoms with Crippen LogP contribution in [0.5, 0.6) is 0 Å². The average Bonchev–Trinajstić information content (AvgIpc) is 2.37. The molecule has 2 rings (SSSR count). The molecule has 1 aromatic heterocycles. The summed E-state index contributed by atoms with van der Waals surface area (Å²) in [6.07, 6.45) is 5.03. The quantitative estimate of drug-likeness (QED) is 0.820. The molecule has 1 aliphatic rings. The number of nitrogens with zero attached hydrogens (tertiary/aromatic N) is 3. The summed E-state index contributed by atoms with van der Waals surface area (Å²) in [5.74, 6) is 3.83. The minimum absolute atomic E-state index is 0.863. The van der Waals surface area contributed by atoms with Gasteiger partial charge in [-0.25, -0.2) is 9.97 Å². The maximum Gasteiger partial charge on any atom is 0.134 e. The molecule has 0 aliphatic heterocycles. The molecule has 1 fully saturated rings. The van der Waals surface area contributed by atoms with Gasteiger partial charge in [-0.3, -0.25) is 0 Å². The van der Waals surface area contributed by atoms with Gasteiger partial charge in [0.05, 0.1) is 0 Å². The molecule has 0 atom stereocenters. The van der Waals surface area contributed by atoms with Crippen molar-refractivity contribution < 1.29 is 0 Å². The minimum Gasteiger partial charge on any atom is -0.370 e. The first-order valence-electron chi connectivity index (χ1n) is 7.63. The van der Waals surface area contributed by atoms with Crippen molar-refractivity contribution in [2.45, 2.75) is 46.5 Å². The lowest BCUT2D eigenvalue weighted by Gasteiger charge is -2.32. The number of hydrogen-bond donors (Lipinski definition) is 1. The van der Waals surface area contributed by atoms with Gasteiger partial charge in [0.25, 0.3) is 0 Å². The summed E-state index contributed by atoms with van der Waals surface area (Å²) >= 11 is 0. The van der Waals surface area contributed by atoms with Crippen molar-refractivity contribution in [2.24, 2.45) is 5.92 Å². The molecular formula is C15H26N4. The zero-order valence-electron chi connectivity index (χ0n) is 12.4. The van der Waals surface area contributed by atoms with Crippen molar-refractivity contribution in [3.8, 4) is 0 Å². The van der Waals surface area contributed by atoms with Crippen LogP contribution in [0.4, 0.5) is 11.6 Å². The van der Waals surface area contributed by atoms with E-state index >= 15 is 0 Å². The molecule has 0 saturated heterocycles. The number of hydrogen-bond acceptors (Lipinski definition) is 4. The Labute approximate surface area is 116 Å². The molecule has 0 unspecified atom stereocenters. The van der Waals surface area contributed by atoms with E-state index < -0.39 is 0 Å². The van der Waals surface area contributed by atoms with Gasteiger partial charge in [0.15, 0.2) is 0 Å². The highest BCUT2D eigenvalue weighted by Crippen LogP contribution is 2.28. The van der Waals surface area contributed by atoms with Crippen LogP contribution in [-0.2, 0) is 6.42 Å². The third kappa shape index (κ3) is 3.58. The predicted octanol–water partition coefficient (Wildman–Crippen LogP) is 3.10. The summed E-state index contributed by atoms with van der Waals surface area (Å²) in [6, 6.07) is 2.09. The van der Waals surface area contributed by atoms with E-state index in [2.05, 4.69) is 42.0 Å². The van der Waals surface area contributed by atoms with Crippen molar-refractivity contribution in [3.05, 3.63) is 11.9 Å². The Morgan fingerprint density at radius 3 is 2.58 bits per heavy atom. The monoisotopic (exact) mass is 262 g/mol. The first-order valence-corrected chi connectivity index (χ1v) is 7.63. The Morgan fingerprint density at radius 1 is 1.26 bits per heavy atom. The van der Waals surface area contributed by atoms with Crippen LogP contribution in [0.2, 0.25) is 0 Å². The van der Waals surface area contributed by atoms with Gasteiger partial charge in [-0.05, 0) is 32.6 Å². The SMILES string of the molecule is CCNc1cc(N(CC)CC2CCC2)nc(CC)n1. The Balaban J connectivity index is 2.16. The molecule has 1 saturated carbocycles. The van der Waals surface area contributed by atoms with Crippen LogP contribution in [-0.4, -0.2) is 29.6 Å². The Morgan fingerprint density at radius 2 is 2.05 bits per heavy atom. The van der Waals surface area contributed by atoms with Gasteiger partial charge in [0, 0.05) is 32.1 Å². The fraction of sp³-hybridized carbons (Fsp3) is 0.733. The van der Waals surface area contributed by atoms with E-state index in [9.17, 15) is 0 Å². The van der Waals surface area contributed by atoms with Gasteiger partial charge in [0.1, 0.15) is 17.5 Å². The molecule has 0 aromatic carbocycles. The number of rotatable bonds is 7. The largest absolute Gasteiger partial charge is 0.370 e. The smallest absolute Gasteiger partial charge is 0.134 e. The maximum atomic E-state index is 4.69. The summed E-state index contributed by atoms with van der Waals surface area (Å²) in [5, 5.41) is 3.31. The third-order valence-corrected chi connectivity index (χ3v) is 3.84. The van der Waals surface area contributed by atoms with Crippen LogP contribution in [0.3, 0.4) is 0 Å². The highest BCUT2D eigenvalue weighted by Gasteiger charge is 2.21. The Bertz CT molecular complexity index is 401. The fourth-order valence-corrected chi connectivity index (χ4v) is 2.45. The fourth-order valence-electron chi connectivity index (χ4n) is 2.45. The maximum absolute atomic E-state index is 4.69. The standard InChI is InChI=1S/C15H26N4/c1-4-13-17-14(16-5-2)10-15(18-13)19(6-3)11-12-8-7-9-12/h10,12H,4-9,11H2,1-3H3,(H,16,17,18). The van der Waals surface area contributed by atoms with Crippen molar-refractivity contribution in [3.63, 3.8) is 0 Å². The van der Waals surface area contributed by atoms with Crippen LogP contribution in [0.1, 0.15) is 45.9 Å². The summed E-state index contributed by atoms with van der Waals surface area (Å²) in [4.78, 5) is 11.6. The van der Waals surface area contributed by atoms with Crippen LogP contribution in [0.15, 0.2) is 6.07 Å². The zero-order chi connectivity index (χ0) is 13.7. The van der Waals surface area contributed by atoms with E-state index in [4.69, 9.17) is 4.98 Å². The molecule has 1 aliphatic carbocycles. The lowest BCUT2D eigenvalue weighted by Crippen LogP contribution is -2.33. The van der Waals surface area contributed by atoms with E-state index in [1.165, 1.54) is 19.3 Å². The molecule has 19 heavy (non-hydrogen) atoms. The van der Waals surface area contributed by atoms with Crippen LogP contribution in [0, 0.1) is 5.92 Å². The first kappa shape index (κ1) is 14.1. The third-order valence-electron chi connectivity index (χ3n) is 3.84. The molecule has 4 heteroatoms. The van der Waals surface area contributed by atoms with Crippen molar-refractivity contribution in [1.29, 1.82) is 0 Å². The van der Waals surface area contributed by atoms with Gasteiger partial charge in [-0.1, -0.05) is 13.3 Å². The summed E-state index contributed by atoms with van der Waals surface area (Å²) in [7, 11) is 0. The number of aromatic nitrogens is 2. The lowest BCUT2D eigenvalue weighted by atomic mass is 9.85. The number of aryl methyl sites for hydroxylation is 1. The second-order valence-corrected chi connectivity index (χ2v) is 5.25. The van der Waals surface area contributed by atoms with Gasteiger partial charge >= 0.3 is 0 Å². The lowest BCUT2D eigenvalue weighted by molar-refractivity contribution is 0.318. The van der Waals surface area contributed by atoms with Crippen LogP contribution < -0.4 is 10.2 Å². The Kier molecular flexibility index (Phi) is 5.00. The van der Waals surface area contributed by atoms with Gasteiger partial charge in [0.2, 0.25) is 0 Å². The topological polar surface area (TPSA) is 41.0 Å². The van der Waals surface area contributed by atoms with E-state index in [-0.39, 0.29) is 0 Å². The molecule has 1 heterocycles. The van der Waals surface area contributed by atoms with E-state index in [1.807, 2.05) is 0 Å². The minimum atomic E-state index is 0.863. The molecule has 1 N–H and O–H groups in total. The molecule has 0 bridgehead atoms. The molecule has 1 aromatic rings. The summed E-state index contributed by atoms with van der Waals surface area (Å²) < 4.78 is 0. The second-order valence-electron chi connectivity index (χ2n) is 5.25.